The van der Waals surface area contributed by atoms with Crippen LogP contribution in [0.2, 0.25) is 0 Å². The van der Waals surface area contributed by atoms with Crippen LogP contribution in [-0.2, 0) is 29.4 Å². The summed E-state index contributed by atoms with van der Waals surface area (Å²) in [5, 5.41) is 6.14. The zero-order chi connectivity index (χ0) is 50.8. The van der Waals surface area contributed by atoms with Gasteiger partial charge < -0.3 is 34.4 Å². The van der Waals surface area contributed by atoms with E-state index < -0.39 is 5.41 Å². The number of nitrogens with one attached hydrogen (secondary N) is 2. The van der Waals surface area contributed by atoms with E-state index in [1.165, 1.54) is 19.3 Å². The normalized spacial score (nSPS) is 26.6. The summed E-state index contributed by atoms with van der Waals surface area (Å²) in [6.07, 6.45) is 19.5. The largest absolute Gasteiger partial charge is 0.366 e. The highest BCUT2D eigenvalue weighted by molar-refractivity contribution is 6.09. The molecule has 3 aliphatic carbocycles. The molecular formula is C58H75N11O5. The highest BCUT2D eigenvalue weighted by Gasteiger charge is 2.56. The third-order valence-corrected chi connectivity index (χ3v) is 18.8. The Morgan fingerprint density at radius 1 is 0.824 bits per heavy atom. The van der Waals surface area contributed by atoms with Crippen molar-refractivity contribution < 1.29 is 24.0 Å². The fraction of sp³-hybridized carbons (Fsp3) is 0.621. The van der Waals surface area contributed by atoms with Gasteiger partial charge in [-0.15, -0.1) is 0 Å². The maximum absolute atomic E-state index is 15.2. The van der Waals surface area contributed by atoms with E-state index in [1.54, 1.807) is 6.20 Å². The summed E-state index contributed by atoms with van der Waals surface area (Å²) in [4.78, 5) is 93.1. The van der Waals surface area contributed by atoms with Crippen molar-refractivity contribution in [2.24, 2.45) is 11.8 Å². The number of benzene rings is 1. The molecule has 4 aromatic rings. The van der Waals surface area contributed by atoms with Crippen molar-refractivity contribution in [3.63, 3.8) is 0 Å². The number of hydrogen-bond donors (Lipinski definition) is 2. The van der Waals surface area contributed by atoms with Gasteiger partial charge in [0.2, 0.25) is 29.5 Å². The molecule has 3 aromatic heterocycles. The average Bonchev–Trinajstić information content (AvgIpc) is 4.11. The van der Waals surface area contributed by atoms with Gasteiger partial charge in [-0.3, -0.25) is 29.3 Å². The quantitative estimate of drug-likeness (QED) is 0.133. The van der Waals surface area contributed by atoms with Gasteiger partial charge in [0.15, 0.2) is 5.82 Å². The van der Waals surface area contributed by atoms with Gasteiger partial charge in [0.25, 0.3) is 0 Å². The lowest BCUT2D eigenvalue weighted by atomic mass is 9.72. The van der Waals surface area contributed by atoms with E-state index in [0.29, 0.717) is 70.4 Å². The summed E-state index contributed by atoms with van der Waals surface area (Å²) in [5.41, 5.74) is 6.12. The standard InChI is InChI=1S/C58H75N11O5/c1-36(2)68-35-60-48-33-47(62-54(53(48)68)61-41-13-14-41)39-11-16-46-49(30-39)69(44-31-43(32-44)65-23-5-4-6-24-65)57(74)58(46)21-27-67(28-22-58)56(73)38-9-7-37(8-10-38)29-52(71)66-25-19-42(20-26-66)64(3)50-17-12-40(34-59-50)45-15-18-51(70)63-55(45)72/h11-12,16-17,30,33-38,41-45H,4-10,13-15,18-29,31-32H2,1-3H3,(H,61,62)(H,63,70,72)/t37-,38-,43-,44+,45?. The van der Waals surface area contributed by atoms with Crippen LogP contribution in [0.25, 0.3) is 22.3 Å². The van der Waals surface area contributed by atoms with E-state index in [2.05, 4.69) is 73.0 Å². The van der Waals surface area contributed by atoms with E-state index in [1.807, 2.05) is 35.3 Å². The first-order valence-electron chi connectivity index (χ1n) is 28.4. The molecule has 1 unspecified atom stereocenters. The van der Waals surface area contributed by atoms with Crippen LogP contribution in [0.3, 0.4) is 0 Å². The monoisotopic (exact) mass is 1010 g/mol. The number of carbonyl (C=O) groups excluding carboxylic acids is 5. The lowest BCUT2D eigenvalue weighted by molar-refractivity contribution is -0.141. The first-order valence-corrected chi connectivity index (χ1v) is 28.4. The van der Waals surface area contributed by atoms with Crippen molar-refractivity contribution in [3.8, 4) is 11.3 Å². The van der Waals surface area contributed by atoms with E-state index in [9.17, 15) is 19.2 Å². The van der Waals surface area contributed by atoms with Gasteiger partial charge >= 0.3 is 0 Å². The Morgan fingerprint density at radius 2 is 1.58 bits per heavy atom. The fourth-order valence-electron chi connectivity index (χ4n) is 13.9. The number of pyridine rings is 2. The second kappa shape index (κ2) is 20.0. The molecule has 74 heavy (non-hydrogen) atoms. The second-order valence-electron chi connectivity index (χ2n) is 23.7. The minimum Gasteiger partial charge on any atom is -0.366 e. The zero-order valence-electron chi connectivity index (χ0n) is 43.8. The fourth-order valence-corrected chi connectivity index (χ4v) is 13.9. The Morgan fingerprint density at radius 3 is 2.27 bits per heavy atom. The lowest BCUT2D eigenvalue weighted by Crippen LogP contribution is -2.58. The number of imidazole rings is 1. The molecule has 3 saturated carbocycles. The van der Waals surface area contributed by atoms with Gasteiger partial charge in [-0.2, -0.15) is 0 Å². The summed E-state index contributed by atoms with van der Waals surface area (Å²) in [7, 11) is 2.04. The number of imide groups is 1. The summed E-state index contributed by atoms with van der Waals surface area (Å²) in [6.45, 7) is 9.21. The molecule has 1 atom stereocenters. The molecule has 7 fully saturated rings. The number of carbonyl (C=O) groups is 5. The lowest BCUT2D eigenvalue weighted by Gasteiger charge is -2.48. The number of anilines is 3. The third kappa shape index (κ3) is 9.24. The maximum Gasteiger partial charge on any atom is 0.238 e. The van der Waals surface area contributed by atoms with Gasteiger partial charge in [-0.25, -0.2) is 15.0 Å². The number of nitrogens with zero attached hydrogens (tertiary/aromatic N) is 9. The number of rotatable bonds is 12. The van der Waals surface area contributed by atoms with Crippen LogP contribution < -0.4 is 20.4 Å². The van der Waals surface area contributed by atoms with Crippen molar-refractivity contribution in [1.29, 1.82) is 0 Å². The molecule has 0 radical (unpaired) electrons. The molecule has 4 saturated heterocycles. The number of likely N-dealkylation sites (tertiary alicyclic amines) is 3. The van der Waals surface area contributed by atoms with E-state index in [0.717, 1.165) is 128 Å². The summed E-state index contributed by atoms with van der Waals surface area (Å²) >= 11 is 0. The summed E-state index contributed by atoms with van der Waals surface area (Å²) < 4.78 is 2.20. The molecule has 12 rings (SSSR count). The van der Waals surface area contributed by atoms with Crippen LogP contribution in [0.15, 0.2) is 48.9 Å². The van der Waals surface area contributed by atoms with Gasteiger partial charge in [0, 0.05) is 99.6 Å². The Kier molecular flexibility index (Phi) is 13.2. The summed E-state index contributed by atoms with van der Waals surface area (Å²) in [5.74, 6) is 1.75. The Hall–Kier alpha value is -5.90. The first kappa shape index (κ1) is 49.0. The molecule has 5 aliphatic heterocycles. The van der Waals surface area contributed by atoms with Gasteiger partial charge in [-0.05, 0) is 158 Å². The molecule has 5 amide bonds. The zero-order valence-corrected chi connectivity index (χ0v) is 43.8. The average molecular weight is 1010 g/mol. The van der Waals surface area contributed by atoms with Crippen molar-refractivity contribution >= 4 is 57.9 Å². The number of hydrogen-bond acceptors (Lipinski definition) is 11. The highest BCUT2D eigenvalue weighted by Crippen LogP contribution is 2.52. The SMILES string of the molecule is CC(C)n1cnc2cc(-c3ccc4c(c3)N([C@H]3C[C@@H](N5CCCCC5)C3)C(=O)C43CCN(C(=O)[C@H]4CC[C@H](CC(=O)N5CCC(N(C)c6ccc(C7CCC(=O)NC7=O)cn6)CC5)CC4)CC3)nc(NC3CC3)c21. The van der Waals surface area contributed by atoms with E-state index in [-0.39, 0.29) is 65.4 Å². The maximum atomic E-state index is 15.2. The molecule has 392 valence electrons. The highest BCUT2D eigenvalue weighted by atomic mass is 16.2. The number of aromatic nitrogens is 4. The molecule has 16 nitrogen and oxygen atoms in total. The number of fused-ring (bicyclic) bond motifs is 3. The molecule has 16 heteroatoms. The van der Waals surface area contributed by atoms with Crippen LogP contribution in [0.4, 0.5) is 17.3 Å². The van der Waals surface area contributed by atoms with Crippen molar-refractivity contribution in [3.05, 3.63) is 60.0 Å². The van der Waals surface area contributed by atoms with E-state index >= 15 is 4.79 Å². The van der Waals surface area contributed by atoms with Crippen LogP contribution in [0.1, 0.15) is 153 Å². The van der Waals surface area contributed by atoms with E-state index in [4.69, 9.17) is 9.97 Å². The van der Waals surface area contributed by atoms with Crippen molar-refractivity contribution in [2.45, 2.75) is 171 Å². The third-order valence-electron chi connectivity index (χ3n) is 18.8. The first-order chi connectivity index (χ1) is 35.9. The molecule has 0 bridgehead atoms. The molecule has 8 aliphatic rings. The predicted octanol–water partition coefficient (Wildman–Crippen LogP) is 7.72. The topological polar surface area (TPSA) is 169 Å². The van der Waals surface area contributed by atoms with Crippen LogP contribution >= 0.6 is 0 Å². The van der Waals surface area contributed by atoms with Crippen LogP contribution in [-0.4, -0.2) is 134 Å². The molecule has 1 aromatic carbocycles. The van der Waals surface area contributed by atoms with Crippen LogP contribution in [0, 0.1) is 11.8 Å². The number of amides is 5. The molecule has 1 spiro atoms. The van der Waals surface area contributed by atoms with Gasteiger partial charge in [0.1, 0.15) is 11.3 Å². The Labute approximate surface area is 435 Å². The summed E-state index contributed by atoms with van der Waals surface area (Å²) in [6, 6.07) is 14.2. The van der Waals surface area contributed by atoms with Crippen molar-refractivity contribution in [1.82, 2.24) is 39.5 Å². The second-order valence-corrected chi connectivity index (χ2v) is 23.7. The minimum atomic E-state index is -0.656. The number of piperidine rings is 4. The Balaban J connectivity index is 0.667. The van der Waals surface area contributed by atoms with Gasteiger partial charge in [0.05, 0.1) is 28.9 Å². The Bertz CT molecular complexity index is 2790. The van der Waals surface area contributed by atoms with Crippen molar-refractivity contribution in [2.75, 3.05) is 61.4 Å². The van der Waals surface area contributed by atoms with Crippen LogP contribution in [0.5, 0.6) is 0 Å². The minimum absolute atomic E-state index is 0.0447. The smallest absolute Gasteiger partial charge is 0.238 e. The molecule has 2 N–H and O–H groups in total. The predicted molar refractivity (Wildman–Crippen MR) is 285 cm³/mol. The molecule has 8 heterocycles. The molecular weight excluding hydrogens is 931 g/mol. The van der Waals surface area contributed by atoms with Gasteiger partial charge in [-0.1, -0.05) is 24.6 Å².